The molecule has 0 amide bonds. The molecule has 0 spiro atoms. The maximum atomic E-state index is 12.5. The standard InChI is InChI=1S/C15H14BrNO5S/c1-21-14-8-7-10(9-12(14)16)23(19,20)17-13-6-4-3-5-11(13)15(18)22-2/h3-9,17H,1-2H3. The Kier molecular flexibility index (Phi) is 5.27. The van der Waals surface area contributed by atoms with Gasteiger partial charge in [-0.3, -0.25) is 4.72 Å². The molecule has 0 aromatic heterocycles. The Bertz CT molecular complexity index is 836. The average Bonchev–Trinajstić information content (AvgIpc) is 2.54. The minimum atomic E-state index is -3.87. The van der Waals surface area contributed by atoms with Gasteiger partial charge >= 0.3 is 5.97 Å². The first kappa shape index (κ1) is 17.3. The maximum Gasteiger partial charge on any atom is 0.339 e. The molecule has 0 unspecified atom stereocenters. The molecule has 0 radical (unpaired) electrons. The van der Waals surface area contributed by atoms with Crippen molar-refractivity contribution in [2.75, 3.05) is 18.9 Å². The fraction of sp³-hybridized carbons (Fsp3) is 0.133. The average molecular weight is 400 g/mol. The number of halogens is 1. The van der Waals surface area contributed by atoms with E-state index in [1.807, 2.05) is 0 Å². The SMILES string of the molecule is COC(=O)c1ccccc1NS(=O)(=O)c1ccc(OC)c(Br)c1. The van der Waals surface area contributed by atoms with Crippen LogP contribution in [0, 0.1) is 0 Å². The van der Waals surface area contributed by atoms with Crippen LogP contribution < -0.4 is 9.46 Å². The number of carbonyl (C=O) groups excluding carboxylic acids is 1. The van der Waals surface area contributed by atoms with Crippen molar-refractivity contribution in [2.24, 2.45) is 0 Å². The van der Waals surface area contributed by atoms with Crippen LogP contribution in [0.2, 0.25) is 0 Å². The third-order valence-electron chi connectivity index (χ3n) is 3.01. The van der Waals surface area contributed by atoms with Gasteiger partial charge in [0.2, 0.25) is 0 Å². The first-order chi connectivity index (χ1) is 10.9. The molecule has 6 nitrogen and oxygen atoms in total. The number of methoxy groups -OCH3 is 2. The van der Waals surface area contributed by atoms with E-state index in [4.69, 9.17) is 4.74 Å². The van der Waals surface area contributed by atoms with Gasteiger partial charge in [0.15, 0.2) is 0 Å². The molecule has 0 fully saturated rings. The van der Waals surface area contributed by atoms with Gasteiger partial charge in [0.05, 0.1) is 34.8 Å². The van der Waals surface area contributed by atoms with Crippen molar-refractivity contribution in [3.63, 3.8) is 0 Å². The largest absolute Gasteiger partial charge is 0.496 e. The van der Waals surface area contributed by atoms with Crippen molar-refractivity contribution in [1.82, 2.24) is 0 Å². The van der Waals surface area contributed by atoms with E-state index in [0.29, 0.717) is 10.2 Å². The smallest absolute Gasteiger partial charge is 0.339 e. The van der Waals surface area contributed by atoms with Crippen LogP contribution in [-0.4, -0.2) is 28.6 Å². The fourth-order valence-electron chi connectivity index (χ4n) is 1.88. The van der Waals surface area contributed by atoms with Crippen LogP contribution in [0.25, 0.3) is 0 Å². The Hall–Kier alpha value is -2.06. The van der Waals surface area contributed by atoms with Crippen molar-refractivity contribution in [3.05, 3.63) is 52.5 Å². The van der Waals surface area contributed by atoms with Gasteiger partial charge in [-0.1, -0.05) is 12.1 Å². The van der Waals surface area contributed by atoms with Crippen LogP contribution in [0.15, 0.2) is 51.8 Å². The molecule has 0 saturated heterocycles. The van der Waals surface area contributed by atoms with E-state index in [1.165, 1.54) is 44.6 Å². The normalized spacial score (nSPS) is 10.9. The Morgan fingerprint density at radius 1 is 1.13 bits per heavy atom. The van der Waals surface area contributed by atoms with E-state index in [2.05, 4.69) is 25.4 Å². The van der Waals surface area contributed by atoms with Gasteiger partial charge < -0.3 is 9.47 Å². The van der Waals surface area contributed by atoms with Crippen molar-refractivity contribution in [1.29, 1.82) is 0 Å². The Morgan fingerprint density at radius 2 is 1.83 bits per heavy atom. The molecule has 2 aromatic rings. The van der Waals surface area contributed by atoms with E-state index >= 15 is 0 Å². The number of ether oxygens (including phenoxy) is 2. The molecule has 0 aliphatic carbocycles. The van der Waals surface area contributed by atoms with Gasteiger partial charge in [-0.2, -0.15) is 0 Å². The number of hydrogen-bond acceptors (Lipinski definition) is 5. The summed E-state index contributed by atoms with van der Waals surface area (Å²) in [6.07, 6.45) is 0. The van der Waals surface area contributed by atoms with Crippen LogP contribution in [0.4, 0.5) is 5.69 Å². The van der Waals surface area contributed by atoms with Crippen LogP contribution >= 0.6 is 15.9 Å². The van der Waals surface area contributed by atoms with Crippen LogP contribution in [-0.2, 0) is 14.8 Å². The lowest BCUT2D eigenvalue weighted by atomic mass is 10.2. The summed E-state index contributed by atoms with van der Waals surface area (Å²) in [5, 5.41) is 0. The zero-order valence-corrected chi connectivity index (χ0v) is 14.8. The number of nitrogens with one attached hydrogen (secondary N) is 1. The van der Waals surface area contributed by atoms with Gasteiger partial charge in [0.25, 0.3) is 10.0 Å². The molecular weight excluding hydrogens is 386 g/mol. The van der Waals surface area contributed by atoms with Gasteiger partial charge in [0.1, 0.15) is 5.75 Å². The molecule has 8 heteroatoms. The van der Waals surface area contributed by atoms with Crippen molar-refractivity contribution >= 4 is 37.6 Å². The van der Waals surface area contributed by atoms with E-state index < -0.39 is 16.0 Å². The van der Waals surface area contributed by atoms with Crippen LogP contribution in [0.3, 0.4) is 0 Å². The lowest BCUT2D eigenvalue weighted by Gasteiger charge is -2.12. The summed E-state index contributed by atoms with van der Waals surface area (Å²) in [5.74, 6) is -0.113. The molecule has 0 heterocycles. The molecule has 0 aliphatic rings. The third kappa shape index (κ3) is 3.83. The summed E-state index contributed by atoms with van der Waals surface area (Å²) in [7, 11) is -1.15. The fourth-order valence-corrected chi connectivity index (χ4v) is 3.68. The number of para-hydroxylation sites is 1. The van der Waals surface area contributed by atoms with E-state index in [9.17, 15) is 13.2 Å². The Balaban J connectivity index is 2.39. The predicted molar refractivity (Wildman–Crippen MR) is 89.3 cm³/mol. The molecule has 2 aromatic carbocycles. The third-order valence-corrected chi connectivity index (χ3v) is 4.99. The van der Waals surface area contributed by atoms with Gasteiger partial charge in [-0.05, 0) is 46.3 Å². The number of rotatable bonds is 5. The highest BCUT2D eigenvalue weighted by atomic mass is 79.9. The summed E-state index contributed by atoms with van der Waals surface area (Å²) in [6.45, 7) is 0. The van der Waals surface area contributed by atoms with Crippen LogP contribution in [0.5, 0.6) is 5.75 Å². The maximum absolute atomic E-state index is 12.5. The van der Waals surface area contributed by atoms with Crippen LogP contribution in [0.1, 0.15) is 10.4 Å². The summed E-state index contributed by atoms with van der Waals surface area (Å²) in [5.41, 5.74) is 0.275. The number of esters is 1. The topological polar surface area (TPSA) is 81.7 Å². The highest BCUT2D eigenvalue weighted by Gasteiger charge is 2.19. The Morgan fingerprint density at radius 3 is 2.43 bits per heavy atom. The number of sulfonamides is 1. The second-order valence-corrected chi connectivity index (χ2v) is 6.98. The van der Waals surface area contributed by atoms with Crippen molar-refractivity contribution in [3.8, 4) is 5.75 Å². The zero-order valence-electron chi connectivity index (χ0n) is 12.4. The quantitative estimate of drug-likeness (QED) is 0.781. The molecule has 0 saturated carbocycles. The summed E-state index contributed by atoms with van der Waals surface area (Å²) >= 11 is 3.24. The zero-order chi connectivity index (χ0) is 17.0. The van der Waals surface area contributed by atoms with Gasteiger partial charge in [0, 0.05) is 0 Å². The van der Waals surface area contributed by atoms with Crippen molar-refractivity contribution in [2.45, 2.75) is 4.90 Å². The number of anilines is 1. The molecule has 0 aliphatic heterocycles. The Labute approximate surface area is 142 Å². The van der Waals surface area contributed by atoms with E-state index in [0.717, 1.165) is 0 Å². The second kappa shape index (κ2) is 7.01. The van der Waals surface area contributed by atoms with Gasteiger partial charge in [-0.25, -0.2) is 13.2 Å². The molecule has 23 heavy (non-hydrogen) atoms. The lowest BCUT2D eigenvalue weighted by molar-refractivity contribution is 0.0602. The number of carbonyl (C=O) groups is 1. The first-order valence-corrected chi connectivity index (χ1v) is 8.70. The lowest BCUT2D eigenvalue weighted by Crippen LogP contribution is -2.16. The monoisotopic (exact) mass is 399 g/mol. The second-order valence-electron chi connectivity index (χ2n) is 4.44. The molecule has 0 atom stereocenters. The highest BCUT2D eigenvalue weighted by molar-refractivity contribution is 9.10. The number of benzene rings is 2. The minimum Gasteiger partial charge on any atom is -0.496 e. The first-order valence-electron chi connectivity index (χ1n) is 6.42. The number of hydrogen-bond donors (Lipinski definition) is 1. The molecule has 2 rings (SSSR count). The molecule has 1 N–H and O–H groups in total. The predicted octanol–water partition coefficient (Wildman–Crippen LogP) is 3.05. The summed E-state index contributed by atoms with van der Waals surface area (Å²) in [4.78, 5) is 11.7. The summed E-state index contributed by atoms with van der Waals surface area (Å²) < 4.78 is 37.6. The van der Waals surface area contributed by atoms with Gasteiger partial charge in [-0.15, -0.1) is 0 Å². The summed E-state index contributed by atoms with van der Waals surface area (Å²) in [6, 6.07) is 10.6. The minimum absolute atomic E-state index is 0.0323. The highest BCUT2D eigenvalue weighted by Crippen LogP contribution is 2.28. The molecule has 0 bridgehead atoms. The van der Waals surface area contributed by atoms with Crippen molar-refractivity contribution < 1.29 is 22.7 Å². The molecule has 122 valence electrons. The van der Waals surface area contributed by atoms with E-state index in [-0.39, 0.29) is 16.1 Å². The molecular formula is C15H14BrNO5S. The van der Waals surface area contributed by atoms with E-state index in [1.54, 1.807) is 12.1 Å².